The minimum Gasteiger partial charge on any atom is -0.341 e. The van der Waals surface area contributed by atoms with E-state index in [1.807, 2.05) is 30.3 Å². The molecule has 1 aliphatic rings. The van der Waals surface area contributed by atoms with Crippen LogP contribution < -0.4 is 0 Å². The van der Waals surface area contributed by atoms with Crippen molar-refractivity contribution in [2.45, 2.75) is 12.3 Å². The maximum atomic E-state index is 12.1. The molecule has 7 heteroatoms. The largest absolute Gasteiger partial charge is 0.341 e. The highest BCUT2D eigenvalue weighted by molar-refractivity contribution is 5.79. The number of aromatic nitrogens is 4. The number of nitrogens with zero attached hydrogens (tertiary/aromatic N) is 4. The summed E-state index contributed by atoms with van der Waals surface area (Å²) in [5, 5.41) is 10.6. The molecule has 0 radical (unpaired) electrons. The standard InChI is InChI=1S/C16H15N5O2/c22-14(6-11-7-17-18-8-11)21-9-13(10-21)16-19-15(20-23-16)12-4-2-1-3-5-12/h1-5,7-8,13H,6,9-10H2,(H,17,18). The number of hydrogen-bond donors (Lipinski definition) is 1. The SMILES string of the molecule is O=C(Cc1cn[nH]c1)N1CC(c2nc(-c3ccccc3)no2)C1. The van der Waals surface area contributed by atoms with Gasteiger partial charge in [0.25, 0.3) is 0 Å². The molecule has 0 unspecified atom stereocenters. The number of amides is 1. The maximum Gasteiger partial charge on any atom is 0.233 e. The van der Waals surface area contributed by atoms with E-state index in [9.17, 15) is 4.79 Å². The van der Waals surface area contributed by atoms with Crippen LogP contribution in [-0.2, 0) is 11.2 Å². The highest BCUT2D eigenvalue weighted by Crippen LogP contribution is 2.28. The van der Waals surface area contributed by atoms with Crippen LogP contribution in [0.5, 0.6) is 0 Å². The Balaban J connectivity index is 1.37. The van der Waals surface area contributed by atoms with Gasteiger partial charge in [0.1, 0.15) is 0 Å². The molecule has 2 aromatic heterocycles. The molecule has 3 aromatic rings. The van der Waals surface area contributed by atoms with Crippen LogP contribution in [0.4, 0.5) is 0 Å². The van der Waals surface area contributed by atoms with E-state index in [1.165, 1.54) is 0 Å². The van der Waals surface area contributed by atoms with Gasteiger partial charge >= 0.3 is 0 Å². The van der Waals surface area contributed by atoms with Crippen LogP contribution >= 0.6 is 0 Å². The van der Waals surface area contributed by atoms with Crippen molar-refractivity contribution in [3.05, 3.63) is 54.2 Å². The van der Waals surface area contributed by atoms with Crippen LogP contribution in [-0.4, -0.2) is 44.2 Å². The Morgan fingerprint density at radius 2 is 2.13 bits per heavy atom. The molecular formula is C16H15N5O2. The lowest BCUT2D eigenvalue weighted by Crippen LogP contribution is -2.49. The lowest BCUT2D eigenvalue weighted by atomic mass is 9.99. The molecular weight excluding hydrogens is 294 g/mol. The van der Waals surface area contributed by atoms with E-state index >= 15 is 0 Å². The molecule has 1 N–H and O–H groups in total. The lowest BCUT2D eigenvalue weighted by Gasteiger charge is -2.37. The molecule has 1 aliphatic heterocycles. The number of carbonyl (C=O) groups excluding carboxylic acids is 1. The molecule has 23 heavy (non-hydrogen) atoms. The first-order valence-corrected chi connectivity index (χ1v) is 7.44. The molecule has 0 aliphatic carbocycles. The fourth-order valence-electron chi connectivity index (χ4n) is 2.60. The van der Waals surface area contributed by atoms with Gasteiger partial charge in [0, 0.05) is 24.8 Å². The van der Waals surface area contributed by atoms with E-state index in [0.717, 1.165) is 11.1 Å². The topological polar surface area (TPSA) is 87.9 Å². The fraction of sp³-hybridized carbons (Fsp3) is 0.250. The predicted molar refractivity (Wildman–Crippen MR) is 81.3 cm³/mol. The second-order valence-electron chi connectivity index (χ2n) is 5.60. The number of H-pyrrole nitrogens is 1. The number of aromatic amines is 1. The van der Waals surface area contributed by atoms with Crippen molar-refractivity contribution >= 4 is 5.91 Å². The zero-order chi connectivity index (χ0) is 15.6. The van der Waals surface area contributed by atoms with Gasteiger partial charge in [-0.15, -0.1) is 0 Å². The Morgan fingerprint density at radius 3 is 2.87 bits per heavy atom. The normalized spacial score (nSPS) is 14.7. The average molecular weight is 309 g/mol. The van der Waals surface area contributed by atoms with Gasteiger partial charge < -0.3 is 9.42 Å². The molecule has 4 rings (SSSR count). The molecule has 0 spiro atoms. The smallest absolute Gasteiger partial charge is 0.233 e. The molecule has 1 aromatic carbocycles. The molecule has 1 saturated heterocycles. The summed E-state index contributed by atoms with van der Waals surface area (Å²) in [7, 11) is 0. The summed E-state index contributed by atoms with van der Waals surface area (Å²) in [5.74, 6) is 1.39. The molecule has 3 heterocycles. The third-order valence-corrected chi connectivity index (χ3v) is 3.97. The molecule has 0 bridgehead atoms. The summed E-state index contributed by atoms with van der Waals surface area (Å²) in [6.45, 7) is 1.24. The summed E-state index contributed by atoms with van der Waals surface area (Å²) in [4.78, 5) is 18.4. The number of benzene rings is 1. The first-order valence-electron chi connectivity index (χ1n) is 7.44. The van der Waals surface area contributed by atoms with Gasteiger partial charge in [-0.1, -0.05) is 35.5 Å². The molecule has 0 atom stereocenters. The van der Waals surface area contributed by atoms with Crippen molar-refractivity contribution in [1.82, 2.24) is 25.2 Å². The number of carbonyl (C=O) groups is 1. The van der Waals surface area contributed by atoms with Gasteiger partial charge in [-0.2, -0.15) is 10.1 Å². The number of rotatable bonds is 4. The van der Waals surface area contributed by atoms with Crippen molar-refractivity contribution in [2.24, 2.45) is 0 Å². The van der Waals surface area contributed by atoms with Gasteiger partial charge in [0.05, 0.1) is 18.5 Å². The molecule has 0 saturated carbocycles. The van der Waals surface area contributed by atoms with E-state index in [4.69, 9.17) is 4.52 Å². The Bertz CT molecular complexity index is 791. The van der Waals surface area contributed by atoms with Gasteiger partial charge in [-0.3, -0.25) is 9.89 Å². The van der Waals surface area contributed by atoms with Crippen molar-refractivity contribution in [1.29, 1.82) is 0 Å². The fourth-order valence-corrected chi connectivity index (χ4v) is 2.60. The minimum absolute atomic E-state index is 0.0884. The van der Waals surface area contributed by atoms with Crippen molar-refractivity contribution in [3.8, 4) is 11.4 Å². The van der Waals surface area contributed by atoms with E-state index in [2.05, 4.69) is 20.3 Å². The zero-order valence-corrected chi connectivity index (χ0v) is 12.3. The van der Waals surface area contributed by atoms with E-state index < -0.39 is 0 Å². The lowest BCUT2D eigenvalue weighted by molar-refractivity contribution is -0.135. The second-order valence-corrected chi connectivity index (χ2v) is 5.60. The van der Waals surface area contributed by atoms with Crippen LogP contribution in [0, 0.1) is 0 Å². The molecule has 116 valence electrons. The van der Waals surface area contributed by atoms with Crippen molar-refractivity contribution < 1.29 is 9.32 Å². The summed E-state index contributed by atoms with van der Waals surface area (Å²) in [6.07, 6.45) is 3.76. The summed E-state index contributed by atoms with van der Waals surface area (Å²) in [6, 6.07) is 9.70. The zero-order valence-electron chi connectivity index (χ0n) is 12.3. The van der Waals surface area contributed by atoms with Crippen molar-refractivity contribution in [2.75, 3.05) is 13.1 Å². The molecule has 1 amide bonds. The Labute approximate surface area is 132 Å². The maximum absolute atomic E-state index is 12.1. The van der Waals surface area contributed by atoms with Crippen LogP contribution in [0.3, 0.4) is 0 Å². The third kappa shape index (κ3) is 2.73. The monoisotopic (exact) mass is 309 g/mol. The minimum atomic E-state index is 0.0884. The highest BCUT2D eigenvalue weighted by atomic mass is 16.5. The van der Waals surface area contributed by atoms with Gasteiger partial charge in [-0.25, -0.2) is 0 Å². The van der Waals surface area contributed by atoms with Crippen LogP contribution in [0.25, 0.3) is 11.4 Å². The number of nitrogens with one attached hydrogen (secondary N) is 1. The summed E-state index contributed by atoms with van der Waals surface area (Å²) in [5.41, 5.74) is 1.82. The van der Waals surface area contributed by atoms with Crippen LogP contribution in [0.2, 0.25) is 0 Å². The molecule has 7 nitrogen and oxygen atoms in total. The van der Waals surface area contributed by atoms with E-state index in [1.54, 1.807) is 17.3 Å². The quantitative estimate of drug-likeness (QED) is 0.791. The summed E-state index contributed by atoms with van der Waals surface area (Å²) >= 11 is 0. The third-order valence-electron chi connectivity index (χ3n) is 3.97. The Kier molecular flexibility index (Phi) is 3.38. The average Bonchev–Trinajstić information content (AvgIpc) is 3.18. The molecule has 1 fully saturated rings. The van der Waals surface area contributed by atoms with Gasteiger partial charge in [0.15, 0.2) is 0 Å². The Hall–Kier alpha value is -2.96. The number of likely N-dealkylation sites (tertiary alicyclic amines) is 1. The Morgan fingerprint density at radius 1 is 1.30 bits per heavy atom. The van der Waals surface area contributed by atoms with Gasteiger partial charge in [0.2, 0.25) is 17.6 Å². The first-order chi connectivity index (χ1) is 11.3. The summed E-state index contributed by atoms with van der Waals surface area (Å²) < 4.78 is 5.34. The van der Waals surface area contributed by atoms with E-state index in [-0.39, 0.29) is 11.8 Å². The predicted octanol–water partition coefficient (Wildman–Crippen LogP) is 1.63. The van der Waals surface area contributed by atoms with Crippen LogP contribution in [0.15, 0.2) is 47.2 Å². The van der Waals surface area contributed by atoms with E-state index in [0.29, 0.717) is 31.2 Å². The number of hydrogen-bond acceptors (Lipinski definition) is 5. The second kappa shape index (κ2) is 5.68. The van der Waals surface area contributed by atoms with Crippen molar-refractivity contribution in [3.63, 3.8) is 0 Å². The highest BCUT2D eigenvalue weighted by Gasteiger charge is 2.35. The first kappa shape index (κ1) is 13.7. The van der Waals surface area contributed by atoms with Gasteiger partial charge in [-0.05, 0) is 5.56 Å². The van der Waals surface area contributed by atoms with Crippen LogP contribution in [0.1, 0.15) is 17.4 Å².